The van der Waals surface area contributed by atoms with E-state index in [-0.39, 0.29) is 42.4 Å². The van der Waals surface area contributed by atoms with Crippen LogP contribution in [0.4, 0.5) is 8.78 Å². The highest BCUT2D eigenvalue weighted by Gasteiger charge is 2.49. The van der Waals surface area contributed by atoms with Gasteiger partial charge in [-0.25, -0.2) is 13.8 Å². The van der Waals surface area contributed by atoms with Crippen LogP contribution in [0.1, 0.15) is 64.3 Å². The molecule has 0 radical (unpaired) electrons. The Labute approximate surface area is 220 Å². The van der Waals surface area contributed by atoms with Crippen LogP contribution in [0, 0.1) is 11.6 Å². The van der Waals surface area contributed by atoms with Crippen LogP contribution in [0.25, 0.3) is 11.0 Å². The van der Waals surface area contributed by atoms with Crippen molar-refractivity contribution < 1.29 is 23.2 Å². The van der Waals surface area contributed by atoms with Gasteiger partial charge in [0.25, 0.3) is 0 Å². The topological polar surface area (TPSA) is 116 Å². The Morgan fingerprint density at radius 3 is 2.37 bits per heavy atom. The molecular formula is C28H33F2N5O3. The first-order valence-electron chi connectivity index (χ1n) is 12.8. The zero-order valence-corrected chi connectivity index (χ0v) is 21.8. The number of H-pyrrole nitrogens is 1. The quantitative estimate of drug-likeness (QED) is 0.323. The van der Waals surface area contributed by atoms with Gasteiger partial charge in [-0.3, -0.25) is 14.4 Å². The minimum Gasteiger partial charge on any atom is -0.352 e. The molecule has 0 bridgehead atoms. The number of nitrogens with zero attached hydrogens (tertiary/aromatic N) is 1. The Balaban J connectivity index is 1.44. The molecule has 1 aliphatic rings. The van der Waals surface area contributed by atoms with E-state index in [0.29, 0.717) is 30.6 Å². The Kier molecular flexibility index (Phi) is 7.80. The zero-order valence-electron chi connectivity index (χ0n) is 21.8. The molecule has 202 valence electrons. The molecule has 0 saturated heterocycles. The molecular weight excluding hydrogens is 492 g/mol. The lowest BCUT2D eigenvalue weighted by Gasteiger charge is -2.24. The number of para-hydroxylation sites is 1. The number of halogens is 2. The monoisotopic (exact) mass is 525 g/mol. The average molecular weight is 526 g/mol. The van der Waals surface area contributed by atoms with E-state index in [9.17, 15) is 23.2 Å². The number of carbonyl (C=O) groups excluding carboxylic acids is 3. The number of hydrogen-bond acceptors (Lipinski definition) is 4. The third kappa shape index (κ3) is 6.93. The van der Waals surface area contributed by atoms with E-state index in [1.807, 2.05) is 20.8 Å². The number of benzene rings is 2. The summed E-state index contributed by atoms with van der Waals surface area (Å²) in [6, 6.07) is 9.51. The fourth-order valence-electron chi connectivity index (χ4n) is 4.29. The number of hydrogen-bond donors (Lipinski definition) is 4. The van der Waals surface area contributed by atoms with E-state index in [1.54, 1.807) is 24.3 Å². The smallest absolute Gasteiger partial charge is 0.243 e. The van der Waals surface area contributed by atoms with E-state index in [0.717, 1.165) is 5.56 Å². The van der Waals surface area contributed by atoms with Gasteiger partial charge in [0.15, 0.2) is 0 Å². The van der Waals surface area contributed by atoms with E-state index < -0.39 is 28.8 Å². The molecule has 1 saturated carbocycles. The second kappa shape index (κ2) is 10.9. The van der Waals surface area contributed by atoms with Crippen LogP contribution in [-0.4, -0.2) is 39.3 Å². The second-order valence-corrected chi connectivity index (χ2v) is 10.9. The molecule has 2 aromatic carbocycles. The molecule has 0 spiro atoms. The highest BCUT2D eigenvalue weighted by atomic mass is 19.1. The van der Waals surface area contributed by atoms with Crippen LogP contribution in [0.2, 0.25) is 0 Å². The third-order valence-corrected chi connectivity index (χ3v) is 6.41. The molecule has 3 aromatic rings. The van der Waals surface area contributed by atoms with Crippen LogP contribution in [0.5, 0.6) is 0 Å². The number of aromatic nitrogens is 2. The molecule has 38 heavy (non-hydrogen) atoms. The number of carbonyl (C=O) groups is 3. The van der Waals surface area contributed by atoms with Crippen molar-refractivity contribution in [3.63, 3.8) is 0 Å². The largest absolute Gasteiger partial charge is 0.352 e. The van der Waals surface area contributed by atoms with Crippen molar-refractivity contribution in [2.75, 3.05) is 0 Å². The van der Waals surface area contributed by atoms with E-state index >= 15 is 0 Å². The van der Waals surface area contributed by atoms with Crippen molar-refractivity contribution in [2.24, 2.45) is 0 Å². The molecule has 4 N–H and O–H groups in total. The fraction of sp³-hybridized carbons (Fsp3) is 0.429. The van der Waals surface area contributed by atoms with Crippen molar-refractivity contribution in [1.82, 2.24) is 25.9 Å². The van der Waals surface area contributed by atoms with E-state index in [2.05, 4.69) is 25.9 Å². The lowest BCUT2D eigenvalue weighted by atomic mass is 10.1. The lowest BCUT2D eigenvalue weighted by molar-refractivity contribution is -0.130. The highest BCUT2D eigenvalue weighted by Crippen LogP contribution is 2.44. The Bertz CT molecular complexity index is 1330. The summed E-state index contributed by atoms with van der Waals surface area (Å²) in [7, 11) is 0. The SMILES string of the molecule is CC(C)(C)NC(=O)CC[C@H](NC(=O)CCc1ccc(F)cc1)C(=O)NC1(c2nc3cccc(F)c3[nH]2)CC1. The maximum atomic E-state index is 14.2. The molecule has 1 aromatic heterocycles. The summed E-state index contributed by atoms with van der Waals surface area (Å²) in [5.41, 5.74) is 0.313. The molecule has 8 nitrogen and oxygen atoms in total. The lowest BCUT2D eigenvalue weighted by Crippen LogP contribution is -2.50. The van der Waals surface area contributed by atoms with Gasteiger partial charge in [-0.15, -0.1) is 0 Å². The standard InChI is InChI=1S/C28H33F2N5O3/c1-27(2,3)34-23(37)14-12-21(31-22(36)13-9-17-7-10-18(29)11-8-17)25(38)35-28(15-16-28)26-32-20-6-4-5-19(30)24(20)33-26/h4-8,10-11,21H,9,12-16H2,1-3H3,(H,31,36)(H,32,33)(H,34,37)(H,35,38)/t21-/m0/s1. The number of amides is 3. The molecule has 0 aliphatic heterocycles. The summed E-state index contributed by atoms with van der Waals surface area (Å²) in [4.78, 5) is 46.0. The maximum Gasteiger partial charge on any atom is 0.243 e. The summed E-state index contributed by atoms with van der Waals surface area (Å²) in [6.45, 7) is 5.58. The Hall–Kier alpha value is -3.82. The zero-order chi connectivity index (χ0) is 27.5. The second-order valence-electron chi connectivity index (χ2n) is 10.9. The number of nitrogens with one attached hydrogen (secondary N) is 4. The minimum atomic E-state index is -0.958. The van der Waals surface area contributed by atoms with Crippen molar-refractivity contribution in [3.05, 3.63) is 65.5 Å². The Morgan fingerprint density at radius 1 is 1.03 bits per heavy atom. The third-order valence-electron chi connectivity index (χ3n) is 6.41. The summed E-state index contributed by atoms with van der Waals surface area (Å²) in [5.74, 6) is -1.37. The maximum absolute atomic E-state index is 14.2. The molecule has 1 atom stereocenters. The van der Waals surface area contributed by atoms with Gasteiger partial charge in [0, 0.05) is 18.4 Å². The molecule has 1 heterocycles. The summed E-state index contributed by atoms with van der Waals surface area (Å²) >= 11 is 0. The molecule has 4 rings (SSSR count). The van der Waals surface area contributed by atoms with Gasteiger partial charge in [0.05, 0.1) is 11.1 Å². The first-order chi connectivity index (χ1) is 17.9. The number of imidazole rings is 1. The fourth-order valence-corrected chi connectivity index (χ4v) is 4.29. The predicted octanol–water partition coefficient (Wildman–Crippen LogP) is 3.76. The van der Waals surface area contributed by atoms with E-state index in [1.165, 1.54) is 18.2 Å². The van der Waals surface area contributed by atoms with Crippen molar-refractivity contribution in [1.29, 1.82) is 0 Å². The molecule has 1 aliphatic carbocycles. The molecule has 3 amide bonds. The summed E-state index contributed by atoms with van der Waals surface area (Å²) in [6.07, 6.45) is 1.82. The van der Waals surface area contributed by atoms with Crippen molar-refractivity contribution >= 4 is 28.8 Å². The van der Waals surface area contributed by atoms with Gasteiger partial charge in [-0.2, -0.15) is 0 Å². The van der Waals surface area contributed by atoms with Gasteiger partial charge < -0.3 is 20.9 Å². The normalized spacial score (nSPS) is 15.1. The minimum absolute atomic E-state index is 0.0381. The van der Waals surface area contributed by atoms with Crippen LogP contribution >= 0.6 is 0 Å². The molecule has 1 fully saturated rings. The average Bonchev–Trinajstić information content (AvgIpc) is 3.47. The van der Waals surface area contributed by atoms with Crippen LogP contribution in [0.15, 0.2) is 42.5 Å². The first kappa shape index (κ1) is 27.2. The van der Waals surface area contributed by atoms with Crippen LogP contribution < -0.4 is 16.0 Å². The Morgan fingerprint density at radius 2 is 1.74 bits per heavy atom. The van der Waals surface area contributed by atoms with Crippen LogP contribution in [0.3, 0.4) is 0 Å². The predicted molar refractivity (Wildman–Crippen MR) is 139 cm³/mol. The highest BCUT2D eigenvalue weighted by molar-refractivity contribution is 5.89. The van der Waals surface area contributed by atoms with Gasteiger partial charge in [0.1, 0.15) is 29.0 Å². The number of fused-ring (bicyclic) bond motifs is 1. The van der Waals surface area contributed by atoms with E-state index in [4.69, 9.17) is 0 Å². The van der Waals surface area contributed by atoms with Gasteiger partial charge in [-0.05, 0) is 76.3 Å². The number of rotatable bonds is 10. The van der Waals surface area contributed by atoms with Gasteiger partial charge >= 0.3 is 0 Å². The van der Waals surface area contributed by atoms with Gasteiger partial charge in [0.2, 0.25) is 17.7 Å². The summed E-state index contributed by atoms with van der Waals surface area (Å²) in [5, 5.41) is 8.60. The van der Waals surface area contributed by atoms with Crippen molar-refractivity contribution in [2.45, 2.75) is 76.4 Å². The number of aromatic amines is 1. The van der Waals surface area contributed by atoms with Crippen molar-refractivity contribution in [3.8, 4) is 0 Å². The molecule has 0 unspecified atom stereocenters. The summed E-state index contributed by atoms with van der Waals surface area (Å²) < 4.78 is 27.3. The number of aryl methyl sites for hydroxylation is 1. The molecule has 10 heteroatoms. The first-order valence-corrected chi connectivity index (χ1v) is 12.8. The van der Waals surface area contributed by atoms with Gasteiger partial charge in [-0.1, -0.05) is 18.2 Å². The van der Waals surface area contributed by atoms with Crippen LogP contribution in [-0.2, 0) is 26.3 Å².